The van der Waals surface area contributed by atoms with E-state index in [1.165, 1.54) is 6.20 Å². The van der Waals surface area contributed by atoms with Crippen LogP contribution in [0, 0.1) is 0 Å². The molecular formula is C8H12BF3KN3O. The second-order valence-electron chi connectivity index (χ2n) is 3.46. The average Bonchev–Trinajstić information content (AvgIpc) is 2.18. The molecular weight excluding hydrogens is 261 g/mol. The Morgan fingerprint density at radius 1 is 1.47 bits per heavy atom. The first kappa shape index (κ1) is 17.2. The fourth-order valence-electron chi connectivity index (χ4n) is 1.15. The SMILES string of the molecule is CCN(C)c1cnn(C[B-](F)(F)F)c(=O)c1.[K+]. The van der Waals surface area contributed by atoms with Crippen molar-refractivity contribution in [1.82, 2.24) is 9.78 Å². The summed E-state index contributed by atoms with van der Waals surface area (Å²) in [6.07, 6.45) is -0.0400. The maximum absolute atomic E-state index is 12.1. The summed E-state index contributed by atoms with van der Waals surface area (Å²) in [4.78, 5) is 13.0. The zero-order chi connectivity index (χ0) is 12.3. The molecule has 4 nitrogen and oxygen atoms in total. The van der Waals surface area contributed by atoms with Gasteiger partial charge in [0.25, 0.3) is 5.56 Å². The van der Waals surface area contributed by atoms with Crippen LogP contribution in [-0.2, 0) is 6.44 Å². The van der Waals surface area contributed by atoms with Crippen molar-refractivity contribution in [2.45, 2.75) is 13.4 Å². The first-order chi connectivity index (χ1) is 7.33. The van der Waals surface area contributed by atoms with Gasteiger partial charge >= 0.3 is 58.4 Å². The van der Waals surface area contributed by atoms with Gasteiger partial charge in [-0.05, 0) is 6.92 Å². The number of rotatable bonds is 4. The second-order valence-corrected chi connectivity index (χ2v) is 3.46. The summed E-state index contributed by atoms with van der Waals surface area (Å²) in [6, 6.07) is 1.15. The molecule has 1 aromatic heterocycles. The summed E-state index contributed by atoms with van der Waals surface area (Å²) in [5, 5.41) is 3.49. The number of anilines is 1. The van der Waals surface area contributed by atoms with Crippen molar-refractivity contribution in [1.29, 1.82) is 0 Å². The van der Waals surface area contributed by atoms with Crippen molar-refractivity contribution in [3.63, 3.8) is 0 Å². The van der Waals surface area contributed by atoms with Crippen molar-refractivity contribution in [3.05, 3.63) is 22.6 Å². The molecule has 0 aromatic carbocycles. The van der Waals surface area contributed by atoms with Gasteiger partial charge < -0.3 is 17.8 Å². The fraction of sp³-hybridized carbons (Fsp3) is 0.500. The van der Waals surface area contributed by atoms with E-state index in [1.54, 1.807) is 11.9 Å². The van der Waals surface area contributed by atoms with Crippen LogP contribution >= 0.6 is 0 Å². The summed E-state index contributed by atoms with van der Waals surface area (Å²) < 4.78 is 36.7. The molecule has 0 aliphatic carbocycles. The van der Waals surface area contributed by atoms with Gasteiger partial charge in [-0.2, -0.15) is 5.10 Å². The molecule has 17 heavy (non-hydrogen) atoms. The summed E-state index contributed by atoms with van der Waals surface area (Å²) in [5.41, 5.74) is -0.226. The zero-order valence-corrected chi connectivity index (χ0v) is 13.2. The van der Waals surface area contributed by atoms with Crippen molar-refractivity contribution in [2.75, 3.05) is 18.5 Å². The molecule has 0 radical (unpaired) electrons. The van der Waals surface area contributed by atoms with Crippen LogP contribution in [0.15, 0.2) is 17.1 Å². The summed E-state index contributed by atoms with van der Waals surface area (Å²) in [5.74, 6) is 0. The van der Waals surface area contributed by atoms with Crippen LogP contribution in [0.5, 0.6) is 0 Å². The third kappa shape index (κ3) is 5.56. The second kappa shape index (κ2) is 6.93. The Kier molecular flexibility index (Phi) is 7.00. The van der Waals surface area contributed by atoms with Gasteiger partial charge in [0.1, 0.15) is 0 Å². The quantitative estimate of drug-likeness (QED) is 0.601. The summed E-state index contributed by atoms with van der Waals surface area (Å²) in [6.45, 7) is -2.53. The minimum Gasteiger partial charge on any atom is -0.448 e. The van der Waals surface area contributed by atoms with Crippen LogP contribution in [-0.4, -0.2) is 30.4 Å². The third-order valence-corrected chi connectivity index (χ3v) is 2.15. The Bertz CT molecular complexity index is 423. The number of nitrogens with zero attached hydrogens (tertiary/aromatic N) is 3. The van der Waals surface area contributed by atoms with Crippen molar-refractivity contribution in [3.8, 4) is 0 Å². The fourth-order valence-corrected chi connectivity index (χ4v) is 1.15. The Hall–Kier alpha value is 0.171. The smallest absolute Gasteiger partial charge is 0.448 e. The third-order valence-electron chi connectivity index (χ3n) is 2.15. The van der Waals surface area contributed by atoms with Crippen molar-refractivity contribution < 1.29 is 64.3 Å². The van der Waals surface area contributed by atoms with Crippen LogP contribution in [0.2, 0.25) is 0 Å². The predicted molar refractivity (Wildman–Crippen MR) is 56.5 cm³/mol. The summed E-state index contributed by atoms with van der Waals surface area (Å²) in [7, 11) is 1.73. The molecule has 0 spiro atoms. The molecule has 0 saturated heterocycles. The molecule has 1 aromatic rings. The molecule has 9 heteroatoms. The van der Waals surface area contributed by atoms with Gasteiger partial charge in [-0.15, -0.1) is 0 Å². The predicted octanol–water partition coefficient (Wildman–Crippen LogP) is -1.91. The van der Waals surface area contributed by atoms with E-state index in [1.807, 2.05) is 6.92 Å². The van der Waals surface area contributed by atoms with Gasteiger partial charge in [0.05, 0.1) is 11.9 Å². The molecule has 0 saturated carbocycles. The minimum absolute atomic E-state index is 0. The molecule has 1 rings (SSSR count). The normalized spacial score (nSPS) is 10.9. The topological polar surface area (TPSA) is 38.1 Å². The number of halogens is 3. The van der Waals surface area contributed by atoms with Gasteiger partial charge in [-0.3, -0.25) is 9.48 Å². The van der Waals surface area contributed by atoms with E-state index >= 15 is 0 Å². The monoisotopic (exact) mass is 273 g/mol. The van der Waals surface area contributed by atoms with Crippen LogP contribution in [0.25, 0.3) is 0 Å². The molecule has 0 aliphatic rings. The molecule has 90 valence electrons. The minimum atomic E-state index is -5.05. The first-order valence-electron chi connectivity index (χ1n) is 4.83. The van der Waals surface area contributed by atoms with Crippen LogP contribution in [0.3, 0.4) is 0 Å². The number of aromatic nitrogens is 2. The van der Waals surface area contributed by atoms with Gasteiger partial charge in [-0.1, -0.05) is 0 Å². The van der Waals surface area contributed by atoms with Gasteiger partial charge in [0, 0.05) is 26.1 Å². The van der Waals surface area contributed by atoms with E-state index < -0.39 is 19.0 Å². The zero-order valence-electron chi connectivity index (χ0n) is 10.0. The van der Waals surface area contributed by atoms with Crippen LogP contribution < -0.4 is 61.8 Å². The standard InChI is InChI=1S/C8H12BF3N3O.K/c1-3-14(2)7-4-8(16)15(13-5-7)6-9(10,11)12;/h4-5H,3,6H2,1-2H3;/q-1;+1. The molecule has 0 atom stereocenters. The van der Waals surface area contributed by atoms with Gasteiger partial charge in [0.15, 0.2) is 0 Å². The Labute approximate surface area is 140 Å². The molecule has 0 amide bonds. The summed E-state index contributed by atoms with van der Waals surface area (Å²) >= 11 is 0. The van der Waals surface area contributed by atoms with Gasteiger partial charge in [0.2, 0.25) is 0 Å². The van der Waals surface area contributed by atoms with E-state index in [9.17, 15) is 17.7 Å². The maximum atomic E-state index is 12.1. The largest absolute Gasteiger partial charge is 1.00 e. The molecule has 0 unspecified atom stereocenters. The number of hydrogen-bond donors (Lipinski definition) is 0. The van der Waals surface area contributed by atoms with Gasteiger partial charge in [-0.25, -0.2) is 0 Å². The van der Waals surface area contributed by atoms with Crippen LogP contribution in [0.1, 0.15) is 6.92 Å². The van der Waals surface area contributed by atoms with E-state index in [0.717, 1.165) is 6.07 Å². The Morgan fingerprint density at radius 3 is 2.47 bits per heavy atom. The van der Waals surface area contributed by atoms with E-state index in [0.29, 0.717) is 16.9 Å². The van der Waals surface area contributed by atoms with E-state index in [-0.39, 0.29) is 51.4 Å². The number of hydrogen-bond acceptors (Lipinski definition) is 3. The molecule has 0 N–H and O–H groups in total. The van der Waals surface area contributed by atoms with Crippen molar-refractivity contribution in [2.24, 2.45) is 0 Å². The molecule has 1 heterocycles. The van der Waals surface area contributed by atoms with E-state index in [4.69, 9.17) is 0 Å². The molecule has 0 fully saturated rings. The van der Waals surface area contributed by atoms with Crippen LogP contribution in [0.4, 0.5) is 18.6 Å². The first-order valence-corrected chi connectivity index (χ1v) is 4.83. The average molecular weight is 273 g/mol. The maximum Gasteiger partial charge on any atom is 1.00 e. The Balaban J connectivity index is 0.00000256. The molecule has 0 aliphatic heterocycles. The van der Waals surface area contributed by atoms with Crippen molar-refractivity contribution >= 4 is 12.7 Å². The molecule has 0 bridgehead atoms. The Morgan fingerprint density at radius 2 is 2.06 bits per heavy atom. The van der Waals surface area contributed by atoms with E-state index in [2.05, 4.69) is 5.10 Å².